The van der Waals surface area contributed by atoms with Gasteiger partial charge in [0.15, 0.2) is 26.6 Å². The van der Waals surface area contributed by atoms with Crippen LogP contribution in [0.5, 0.6) is 0 Å². The molecule has 0 aliphatic carbocycles. The van der Waals surface area contributed by atoms with E-state index in [1.807, 2.05) is 6.92 Å². The zero-order valence-electron chi connectivity index (χ0n) is 20.2. The Balaban J connectivity index is 1.66. The summed E-state index contributed by atoms with van der Waals surface area (Å²) >= 11 is 6.30. The summed E-state index contributed by atoms with van der Waals surface area (Å²) in [6, 6.07) is 11.3. The quantitative estimate of drug-likeness (QED) is 0.271. The molecule has 0 saturated carbocycles. The minimum Gasteiger partial charge on any atom is -0.322 e. The van der Waals surface area contributed by atoms with E-state index in [1.54, 1.807) is 12.1 Å². The summed E-state index contributed by atoms with van der Waals surface area (Å²) in [7, 11) is -8.05. The van der Waals surface area contributed by atoms with Gasteiger partial charge < -0.3 is 5.32 Å². The predicted molar refractivity (Wildman–Crippen MR) is 142 cm³/mol. The number of benzene rings is 2. The first kappa shape index (κ1) is 26.7. The summed E-state index contributed by atoms with van der Waals surface area (Å²) in [6.07, 6.45) is 4.19. The Morgan fingerprint density at radius 1 is 0.974 bits per heavy atom. The first-order valence-electron chi connectivity index (χ1n) is 11.1. The van der Waals surface area contributed by atoms with Crippen LogP contribution < -0.4 is 5.32 Å². The van der Waals surface area contributed by atoms with Crippen LogP contribution in [0.15, 0.2) is 76.9 Å². The fraction of sp³-hybridized carbons (Fsp3) is 0.0800. The average Bonchev–Trinajstić information content (AvgIpc) is 3.28. The van der Waals surface area contributed by atoms with E-state index in [2.05, 4.69) is 20.3 Å². The van der Waals surface area contributed by atoms with E-state index in [-0.39, 0.29) is 43.8 Å². The maximum atomic E-state index is 15.1. The molecule has 0 aliphatic rings. The second kappa shape index (κ2) is 9.67. The van der Waals surface area contributed by atoms with Gasteiger partial charge in [0.05, 0.1) is 16.8 Å². The number of nitrogens with zero attached hydrogens (tertiary/aromatic N) is 4. The molecule has 5 rings (SSSR count). The van der Waals surface area contributed by atoms with Gasteiger partial charge in [0, 0.05) is 29.6 Å². The summed E-state index contributed by atoms with van der Waals surface area (Å²) in [4.78, 5) is 11.4. The fourth-order valence-electron chi connectivity index (χ4n) is 3.94. The average molecular weight is 590 g/mol. The second-order valence-corrected chi connectivity index (χ2v) is 12.7. The molecule has 2 aromatic carbocycles. The Hall–Kier alpha value is -3.94. The van der Waals surface area contributed by atoms with Crippen LogP contribution in [-0.2, 0) is 19.9 Å². The normalized spacial score (nSPS) is 12.1. The van der Waals surface area contributed by atoms with Gasteiger partial charge in [-0.1, -0.05) is 35.4 Å². The van der Waals surface area contributed by atoms with Gasteiger partial charge in [-0.2, -0.15) is 0 Å². The number of hydrogen-bond acceptors (Lipinski definition) is 8. The third kappa shape index (κ3) is 4.84. The van der Waals surface area contributed by atoms with Gasteiger partial charge in [0.2, 0.25) is 5.95 Å². The monoisotopic (exact) mass is 589 g/mol. The molecule has 0 atom stereocenters. The number of rotatable bonds is 6. The molecule has 14 heteroatoms. The lowest BCUT2D eigenvalue weighted by Gasteiger charge is -2.10. The second-order valence-electron chi connectivity index (χ2n) is 8.56. The molecule has 39 heavy (non-hydrogen) atoms. The number of pyridine rings is 1. The minimum absolute atomic E-state index is 0.00848. The Bertz CT molecular complexity index is 1980. The van der Waals surface area contributed by atoms with Gasteiger partial charge >= 0.3 is 0 Å². The van der Waals surface area contributed by atoms with Crippen molar-refractivity contribution in [3.63, 3.8) is 0 Å². The van der Waals surface area contributed by atoms with Gasteiger partial charge in [-0.05, 0) is 37.3 Å². The van der Waals surface area contributed by atoms with E-state index in [4.69, 9.17) is 11.6 Å². The Morgan fingerprint density at radius 3 is 2.38 bits per heavy atom. The van der Waals surface area contributed by atoms with Crippen molar-refractivity contribution in [3.8, 4) is 11.3 Å². The molecule has 0 radical (unpaired) electrons. The number of sulfone groups is 1. The van der Waals surface area contributed by atoms with E-state index < -0.39 is 36.4 Å². The number of hydrogen-bond donors (Lipinski definition) is 1. The summed E-state index contributed by atoms with van der Waals surface area (Å²) in [5, 5.41) is 2.66. The van der Waals surface area contributed by atoms with Crippen molar-refractivity contribution in [2.24, 2.45) is 0 Å². The standard InChI is InChI=1S/C25H18ClF2N5O4S2/c1-14-6-8-15(9-7-14)39(36,37)33-13-17(16-10-11-29-24(26)23(16)33)22-18(27)12-30-25(32-22)31-19-4-3-5-20(21(19)28)38(2,34)35/h3-13H,1-2H3,(H,30,31,32). The molecule has 0 aliphatic heterocycles. The highest BCUT2D eigenvalue weighted by Crippen LogP contribution is 2.36. The molecule has 200 valence electrons. The lowest BCUT2D eigenvalue weighted by Crippen LogP contribution is -2.12. The summed E-state index contributed by atoms with van der Waals surface area (Å²) in [5.41, 5.74) is 0.352. The van der Waals surface area contributed by atoms with Crippen molar-refractivity contribution >= 4 is 54.0 Å². The lowest BCUT2D eigenvalue weighted by atomic mass is 10.1. The van der Waals surface area contributed by atoms with Crippen LogP contribution in [0.1, 0.15) is 5.56 Å². The van der Waals surface area contributed by atoms with E-state index in [9.17, 15) is 21.2 Å². The molecular weight excluding hydrogens is 572 g/mol. The first-order chi connectivity index (χ1) is 18.4. The highest BCUT2D eigenvalue weighted by atomic mass is 35.5. The molecule has 3 aromatic heterocycles. The smallest absolute Gasteiger partial charge is 0.268 e. The van der Waals surface area contributed by atoms with Gasteiger partial charge in [0.25, 0.3) is 10.0 Å². The Kier molecular flexibility index (Phi) is 6.61. The van der Waals surface area contributed by atoms with Crippen LogP contribution in [0.25, 0.3) is 22.2 Å². The predicted octanol–water partition coefficient (Wildman–Crippen LogP) is 5.12. The zero-order valence-corrected chi connectivity index (χ0v) is 22.6. The van der Waals surface area contributed by atoms with Gasteiger partial charge in [0.1, 0.15) is 16.1 Å². The number of anilines is 2. The molecule has 0 bridgehead atoms. The third-order valence-corrected chi connectivity index (χ3v) is 8.89. The van der Waals surface area contributed by atoms with Crippen LogP contribution in [0.4, 0.5) is 20.4 Å². The number of aryl methyl sites for hydroxylation is 1. The molecule has 0 spiro atoms. The highest BCUT2D eigenvalue weighted by Gasteiger charge is 2.26. The van der Waals surface area contributed by atoms with Crippen LogP contribution >= 0.6 is 11.6 Å². The lowest BCUT2D eigenvalue weighted by molar-refractivity contribution is 0.572. The maximum Gasteiger partial charge on any atom is 0.268 e. The Morgan fingerprint density at radius 2 is 1.69 bits per heavy atom. The summed E-state index contributed by atoms with van der Waals surface area (Å²) < 4.78 is 81.7. The molecule has 1 N–H and O–H groups in total. The van der Waals surface area contributed by atoms with Gasteiger partial charge in [-0.15, -0.1) is 0 Å². The number of nitrogens with one attached hydrogen (secondary N) is 1. The summed E-state index contributed by atoms with van der Waals surface area (Å²) in [5.74, 6) is -2.22. The van der Waals surface area contributed by atoms with Gasteiger partial charge in [-0.3, -0.25) is 0 Å². The molecule has 0 unspecified atom stereocenters. The van der Waals surface area contributed by atoms with Crippen LogP contribution in [0.2, 0.25) is 5.15 Å². The van der Waals surface area contributed by atoms with Crippen LogP contribution in [0.3, 0.4) is 0 Å². The molecule has 3 heterocycles. The number of aromatic nitrogens is 4. The van der Waals surface area contributed by atoms with Crippen molar-refractivity contribution in [3.05, 3.63) is 89.5 Å². The number of fused-ring (bicyclic) bond motifs is 1. The van der Waals surface area contributed by atoms with E-state index in [0.717, 1.165) is 28.1 Å². The van der Waals surface area contributed by atoms with Crippen molar-refractivity contribution in [2.45, 2.75) is 16.7 Å². The van der Waals surface area contributed by atoms with E-state index in [0.29, 0.717) is 0 Å². The summed E-state index contributed by atoms with van der Waals surface area (Å²) in [6.45, 7) is 1.81. The molecule has 9 nitrogen and oxygen atoms in total. The molecule has 5 aromatic rings. The van der Waals surface area contributed by atoms with Crippen LogP contribution in [0, 0.1) is 18.6 Å². The van der Waals surface area contributed by atoms with Crippen molar-refractivity contribution in [2.75, 3.05) is 11.6 Å². The zero-order chi connectivity index (χ0) is 28.1. The van der Waals surface area contributed by atoms with Crippen molar-refractivity contribution in [1.82, 2.24) is 18.9 Å². The van der Waals surface area contributed by atoms with Gasteiger partial charge in [-0.25, -0.2) is 44.5 Å². The van der Waals surface area contributed by atoms with Crippen molar-refractivity contribution in [1.29, 1.82) is 0 Å². The SMILES string of the molecule is Cc1ccc(S(=O)(=O)n2cc(-c3nc(Nc4cccc(S(C)(=O)=O)c4F)ncc3F)c3ccnc(Cl)c32)cc1. The highest BCUT2D eigenvalue weighted by molar-refractivity contribution is 7.90. The molecule has 0 saturated heterocycles. The van der Waals surface area contributed by atoms with E-state index in [1.165, 1.54) is 42.7 Å². The third-order valence-electron chi connectivity index (χ3n) is 5.82. The topological polar surface area (TPSA) is 124 Å². The molecular formula is C25H18ClF2N5O4S2. The minimum atomic E-state index is -4.18. The molecule has 0 amide bonds. The first-order valence-corrected chi connectivity index (χ1v) is 14.8. The Labute approximate surface area is 227 Å². The maximum absolute atomic E-state index is 15.1. The van der Waals surface area contributed by atoms with Crippen molar-refractivity contribution < 1.29 is 25.6 Å². The molecule has 0 fully saturated rings. The largest absolute Gasteiger partial charge is 0.322 e. The van der Waals surface area contributed by atoms with E-state index >= 15 is 4.39 Å². The van der Waals surface area contributed by atoms with Crippen LogP contribution in [-0.4, -0.2) is 42.0 Å². The fourth-order valence-corrected chi connectivity index (χ4v) is 6.38. The number of halogens is 3.